The van der Waals surface area contributed by atoms with Crippen molar-refractivity contribution in [1.82, 2.24) is 4.90 Å². The van der Waals surface area contributed by atoms with Gasteiger partial charge in [0.05, 0.1) is 0 Å². The highest BCUT2D eigenvalue weighted by Gasteiger charge is 2.39. The maximum atomic E-state index is 12.3. The molecule has 1 atom stereocenters. The molecular weight excluding hydrogens is 296 g/mol. The number of nitrogens with zero attached hydrogens (tertiary/aromatic N) is 2. The number of likely N-dealkylation sites (N-methyl/N-ethyl adjacent to an activating group) is 1. The van der Waals surface area contributed by atoms with E-state index in [2.05, 4.69) is 0 Å². The van der Waals surface area contributed by atoms with Gasteiger partial charge in [0.25, 0.3) is 0 Å². The first kappa shape index (κ1) is 15.3. The van der Waals surface area contributed by atoms with Crippen molar-refractivity contribution in [3.05, 3.63) is 29.3 Å². The number of anilines is 1. The Labute approximate surface area is 126 Å². The minimum Gasteiger partial charge on any atom is -0.480 e. The molecule has 2 rings (SSSR count). The van der Waals surface area contributed by atoms with Crippen LogP contribution in [0.3, 0.4) is 0 Å². The van der Waals surface area contributed by atoms with Gasteiger partial charge >= 0.3 is 5.97 Å². The van der Waals surface area contributed by atoms with Crippen molar-refractivity contribution in [3.8, 4) is 0 Å². The van der Waals surface area contributed by atoms with Gasteiger partial charge in [-0.15, -0.1) is 0 Å². The first-order valence-corrected chi connectivity index (χ1v) is 6.81. The average Bonchev–Trinajstić information content (AvgIpc) is 2.80. The standard InChI is InChI=1S/C14H15ClN2O4/c1-16(8-12(18)19)13(20)11-6-7-17(14(11)21)10-4-2-9(15)3-5-10/h2-5,11H,6-8H2,1H3,(H,18,19)/t11-/m1/s1. The second-order valence-corrected chi connectivity index (χ2v) is 5.33. The summed E-state index contributed by atoms with van der Waals surface area (Å²) in [6.45, 7) is 0.0152. The highest BCUT2D eigenvalue weighted by molar-refractivity contribution is 6.30. The number of carbonyl (C=O) groups is 3. The van der Waals surface area contributed by atoms with Gasteiger partial charge in [-0.1, -0.05) is 11.6 Å². The minimum atomic E-state index is -1.11. The van der Waals surface area contributed by atoms with Crippen LogP contribution in [-0.2, 0) is 14.4 Å². The molecule has 21 heavy (non-hydrogen) atoms. The quantitative estimate of drug-likeness (QED) is 0.849. The number of carboxylic acid groups (broad SMARTS) is 1. The van der Waals surface area contributed by atoms with E-state index in [9.17, 15) is 14.4 Å². The number of carbonyl (C=O) groups excluding carboxylic acids is 2. The molecule has 6 nitrogen and oxygen atoms in total. The second kappa shape index (κ2) is 6.13. The average molecular weight is 311 g/mol. The summed E-state index contributed by atoms with van der Waals surface area (Å²) in [4.78, 5) is 37.7. The molecule has 7 heteroatoms. The fraction of sp³-hybridized carbons (Fsp3) is 0.357. The van der Waals surface area contributed by atoms with Crippen LogP contribution in [0.1, 0.15) is 6.42 Å². The Morgan fingerprint density at radius 2 is 2.00 bits per heavy atom. The van der Waals surface area contributed by atoms with Crippen molar-refractivity contribution in [2.75, 3.05) is 25.0 Å². The van der Waals surface area contributed by atoms with Crippen LogP contribution in [0.2, 0.25) is 5.02 Å². The van der Waals surface area contributed by atoms with Crippen molar-refractivity contribution in [3.63, 3.8) is 0 Å². The molecule has 112 valence electrons. The summed E-state index contributed by atoms with van der Waals surface area (Å²) >= 11 is 5.80. The van der Waals surface area contributed by atoms with Gasteiger partial charge < -0.3 is 14.9 Å². The molecule has 0 aliphatic carbocycles. The van der Waals surface area contributed by atoms with Crippen LogP contribution in [-0.4, -0.2) is 47.9 Å². The molecule has 1 aliphatic heterocycles. The van der Waals surface area contributed by atoms with E-state index in [0.717, 1.165) is 4.90 Å². The molecule has 1 aromatic rings. The van der Waals surface area contributed by atoms with Crippen LogP contribution in [0, 0.1) is 5.92 Å². The lowest BCUT2D eigenvalue weighted by Crippen LogP contribution is -2.40. The lowest BCUT2D eigenvalue weighted by Gasteiger charge is -2.19. The fourth-order valence-corrected chi connectivity index (χ4v) is 2.46. The van der Waals surface area contributed by atoms with E-state index >= 15 is 0 Å². The van der Waals surface area contributed by atoms with Gasteiger partial charge in [-0.05, 0) is 30.7 Å². The molecule has 0 bridgehead atoms. The van der Waals surface area contributed by atoms with Crippen molar-refractivity contribution in [2.24, 2.45) is 5.92 Å². The predicted molar refractivity (Wildman–Crippen MR) is 77.2 cm³/mol. The molecule has 1 aromatic carbocycles. The predicted octanol–water partition coefficient (Wildman–Crippen LogP) is 1.24. The summed E-state index contributed by atoms with van der Waals surface area (Å²) in [5.74, 6) is -2.69. The van der Waals surface area contributed by atoms with E-state index in [-0.39, 0.29) is 5.91 Å². The first-order valence-electron chi connectivity index (χ1n) is 6.44. The van der Waals surface area contributed by atoms with E-state index in [1.165, 1.54) is 11.9 Å². The number of rotatable bonds is 4. The maximum Gasteiger partial charge on any atom is 0.323 e. The van der Waals surface area contributed by atoms with Crippen molar-refractivity contribution in [1.29, 1.82) is 0 Å². The van der Waals surface area contributed by atoms with Gasteiger partial charge in [-0.3, -0.25) is 14.4 Å². The number of hydrogen-bond acceptors (Lipinski definition) is 3. The van der Waals surface area contributed by atoms with Crippen molar-refractivity contribution in [2.45, 2.75) is 6.42 Å². The second-order valence-electron chi connectivity index (χ2n) is 4.90. The molecule has 0 spiro atoms. The van der Waals surface area contributed by atoms with Gasteiger partial charge in [-0.25, -0.2) is 0 Å². The van der Waals surface area contributed by atoms with E-state index in [1.54, 1.807) is 24.3 Å². The Kier molecular flexibility index (Phi) is 4.47. The SMILES string of the molecule is CN(CC(=O)O)C(=O)[C@H]1CCN(c2ccc(Cl)cc2)C1=O. The van der Waals surface area contributed by atoms with Crippen LogP contribution in [0.4, 0.5) is 5.69 Å². The Hall–Kier alpha value is -2.08. The maximum absolute atomic E-state index is 12.3. The largest absolute Gasteiger partial charge is 0.480 e. The molecule has 1 fully saturated rings. The lowest BCUT2D eigenvalue weighted by molar-refractivity contribution is -0.146. The van der Waals surface area contributed by atoms with Gasteiger partial charge in [0, 0.05) is 24.3 Å². The number of amides is 2. The molecule has 1 saturated heterocycles. The van der Waals surface area contributed by atoms with Gasteiger partial charge in [0.15, 0.2) is 0 Å². The molecule has 0 saturated carbocycles. The minimum absolute atomic E-state index is 0.306. The molecular formula is C14H15ClN2O4. The number of hydrogen-bond donors (Lipinski definition) is 1. The van der Waals surface area contributed by atoms with Gasteiger partial charge in [0.1, 0.15) is 12.5 Å². The van der Waals surface area contributed by atoms with E-state index in [4.69, 9.17) is 16.7 Å². The summed E-state index contributed by atoms with van der Waals surface area (Å²) in [5, 5.41) is 9.26. The smallest absolute Gasteiger partial charge is 0.323 e. The number of aliphatic carboxylic acids is 1. The van der Waals surface area contributed by atoms with E-state index in [1.807, 2.05) is 0 Å². The Morgan fingerprint density at radius 1 is 1.38 bits per heavy atom. The topological polar surface area (TPSA) is 77.9 Å². The summed E-state index contributed by atoms with van der Waals surface area (Å²) < 4.78 is 0. The molecule has 1 N–H and O–H groups in total. The molecule has 0 unspecified atom stereocenters. The summed E-state index contributed by atoms with van der Waals surface area (Å²) in [6.07, 6.45) is 0.379. The number of carboxylic acids is 1. The molecule has 0 radical (unpaired) electrons. The van der Waals surface area contributed by atoms with Crippen molar-refractivity contribution < 1.29 is 19.5 Å². The van der Waals surface area contributed by atoms with Crippen LogP contribution in [0.5, 0.6) is 0 Å². The van der Waals surface area contributed by atoms with Crippen molar-refractivity contribution >= 4 is 35.1 Å². The van der Waals surface area contributed by atoms with Crippen LogP contribution < -0.4 is 4.90 Å². The van der Waals surface area contributed by atoms with Crippen LogP contribution in [0.15, 0.2) is 24.3 Å². The monoisotopic (exact) mass is 310 g/mol. The Balaban J connectivity index is 2.09. The summed E-state index contributed by atoms with van der Waals surface area (Å²) in [6, 6.07) is 6.79. The Bertz CT molecular complexity index is 573. The summed E-state index contributed by atoms with van der Waals surface area (Å²) in [5.41, 5.74) is 0.681. The van der Waals surface area contributed by atoms with Gasteiger partial charge in [0.2, 0.25) is 11.8 Å². The van der Waals surface area contributed by atoms with E-state index in [0.29, 0.717) is 23.7 Å². The van der Waals surface area contributed by atoms with E-state index < -0.39 is 24.3 Å². The first-order chi connectivity index (χ1) is 9.90. The normalized spacial score (nSPS) is 17.9. The Morgan fingerprint density at radius 3 is 2.57 bits per heavy atom. The highest BCUT2D eigenvalue weighted by atomic mass is 35.5. The van der Waals surface area contributed by atoms with Crippen LogP contribution in [0.25, 0.3) is 0 Å². The zero-order valence-corrected chi connectivity index (χ0v) is 12.2. The molecule has 1 heterocycles. The zero-order chi connectivity index (χ0) is 15.6. The number of benzene rings is 1. The summed E-state index contributed by atoms with van der Waals surface area (Å²) in [7, 11) is 1.38. The fourth-order valence-electron chi connectivity index (χ4n) is 2.33. The third-order valence-corrected chi connectivity index (χ3v) is 3.64. The van der Waals surface area contributed by atoms with Crippen LogP contribution >= 0.6 is 11.6 Å². The zero-order valence-electron chi connectivity index (χ0n) is 11.5. The third kappa shape index (κ3) is 3.33. The lowest BCUT2D eigenvalue weighted by atomic mass is 10.1. The molecule has 2 amide bonds. The third-order valence-electron chi connectivity index (χ3n) is 3.39. The molecule has 1 aliphatic rings. The van der Waals surface area contributed by atoms with Gasteiger partial charge in [-0.2, -0.15) is 0 Å². The highest BCUT2D eigenvalue weighted by Crippen LogP contribution is 2.27. The molecule has 0 aromatic heterocycles. The number of halogens is 1.